The van der Waals surface area contributed by atoms with Crippen LogP contribution in [0.2, 0.25) is 0 Å². The molecule has 0 saturated carbocycles. The van der Waals surface area contributed by atoms with Crippen molar-refractivity contribution in [1.82, 2.24) is 0 Å². The lowest BCUT2D eigenvalue weighted by Gasteiger charge is -2.12. The smallest absolute Gasteiger partial charge is 0.291 e. The fourth-order valence-electron chi connectivity index (χ4n) is 0.973. The third kappa shape index (κ3) is 25.4. The summed E-state index contributed by atoms with van der Waals surface area (Å²) in [7, 11) is 0. The Morgan fingerprint density at radius 2 is 1.71 bits per heavy atom. The van der Waals surface area contributed by atoms with Gasteiger partial charge in [0.25, 0.3) is 5.09 Å². The summed E-state index contributed by atoms with van der Waals surface area (Å²) in [6.45, 7) is 8.90. The lowest BCUT2D eigenvalue weighted by Crippen LogP contribution is -2.17. The Hall–Kier alpha value is -0.880. The molecule has 0 aromatic rings. The Bertz CT molecular complexity index is 162. The maximum Gasteiger partial charge on any atom is 0.291 e. The first kappa shape index (κ1) is 18.5. The van der Waals surface area contributed by atoms with Crippen molar-refractivity contribution in [3.63, 3.8) is 0 Å². The number of rotatable bonds is 9. The topological polar surface area (TPSA) is 81.8 Å². The highest BCUT2D eigenvalue weighted by atomic mass is 16.9. The van der Waals surface area contributed by atoms with Crippen LogP contribution in [0, 0.1) is 10.1 Å². The number of nitrogens with zero attached hydrogens (tertiary/aromatic N) is 1. The van der Waals surface area contributed by atoms with E-state index in [9.17, 15) is 0 Å². The van der Waals surface area contributed by atoms with E-state index >= 15 is 0 Å². The molecule has 1 atom stereocenters. The second-order valence-corrected chi connectivity index (χ2v) is 3.70. The summed E-state index contributed by atoms with van der Waals surface area (Å²) in [6.07, 6.45) is 4.96. The zero-order chi connectivity index (χ0) is 13.5. The Kier molecular flexibility index (Phi) is 16.4. The van der Waals surface area contributed by atoms with E-state index in [4.69, 9.17) is 24.8 Å². The third-order valence-corrected chi connectivity index (χ3v) is 1.90. The zero-order valence-electron chi connectivity index (χ0n) is 11.1. The normalized spacial score (nSPS) is 11.5. The highest BCUT2D eigenvalue weighted by Crippen LogP contribution is 1.97. The summed E-state index contributed by atoms with van der Waals surface area (Å²) in [5.41, 5.74) is 0. The maximum atomic E-state index is 8.36. The number of hydrogen-bond donors (Lipinski definition) is 1. The highest BCUT2D eigenvalue weighted by molar-refractivity contribution is 4.47. The SMILES string of the molecule is CCCCOCC(C)OCCCC.O=[N+]([O-])O. The number of unbranched alkanes of at least 4 members (excludes halogenated alkanes) is 2. The summed E-state index contributed by atoms with van der Waals surface area (Å²) in [5.74, 6) is 0. The minimum Gasteiger partial charge on any atom is -0.379 e. The van der Waals surface area contributed by atoms with Crippen LogP contribution in [-0.2, 0) is 9.47 Å². The summed E-state index contributed by atoms with van der Waals surface area (Å²) in [4.78, 5) is 8.36. The van der Waals surface area contributed by atoms with Gasteiger partial charge >= 0.3 is 0 Å². The van der Waals surface area contributed by atoms with E-state index in [0.29, 0.717) is 0 Å². The van der Waals surface area contributed by atoms with E-state index in [2.05, 4.69) is 20.8 Å². The predicted octanol–water partition coefficient (Wildman–Crippen LogP) is 2.66. The highest BCUT2D eigenvalue weighted by Gasteiger charge is 2.00. The Labute approximate surface area is 103 Å². The van der Waals surface area contributed by atoms with E-state index in [0.717, 1.165) is 32.7 Å². The molecule has 17 heavy (non-hydrogen) atoms. The molecule has 0 aliphatic carbocycles. The molecule has 0 fully saturated rings. The van der Waals surface area contributed by atoms with Crippen molar-refractivity contribution < 1.29 is 19.8 Å². The van der Waals surface area contributed by atoms with Crippen LogP contribution in [0.5, 0.6) is 0 Å². The van der Waals surface area contributed by atoms with Crippen molar-refractivity contribution in [2.24, 2.45) is 0 Å². The van der Waals surface area contributed by atoms with Gasteiger partial charge in [0, 0.05) is 13.2 Å². The van der Waals surface area contributed by atoms with Crippen molar-refractivity contribution in [2.75, 3.05) is 19.8 Å². The first-order chi connectivity index (χ1) is 8.04. The predicted molar refractivity (Wildman–Crippen MR) is 64.8 cm³/mol. The van der Waals surface area contributed by atoms with Gasteiger partial charge in [-0.15, -0.1) is 10.1 Å². The lowest BCUT2D eigenvalue weighted by molar-refractivity contribution is -0.742. The Balaban J connectivity index is 0. The third-order valence-electron chi connectivity index (χ3n) is 1.90. The maximum absolute atomic E-state index is 8.36. The molecular formula is C11H25NO5. The van der Waals surface area contributed by atoms with Crippen molar-refractivity contribution in [3.05, 3.63) is 10.1 Å². The van der Waals surface area contributed by atoms with Gasteiger partial charge in [-0.3, -0.25) is 0 Å². The molecule has 0 bridgehead atoms. The molecule has 6 nitrogen and oxygen atoms in total. The molecule has 1 unspecified atom stereocenters. The summed E-state index contributed by atoms with van der Waals surface area (Å²) in [6, 6.07) is 0. The molecule has 0 aliphatic heterocycles. The average molecular weight is 251 g/mol. The number of hydrogen-bond acceptors (Lipinski definition) is 4. The van der Waals surface area contributed by atoms with E-state index in [1.54, 1.807) is 0 Å². The molecule has 0 saturated heterocycles. The summed E-state index contributed by atoms with van der Waals surface area (Å²) in [5, 5.41) is 13.6. The lowest BCUT2D eigenvalue weighted by atomic mass is 10.3. The van der Waals surface area contributed by atoms with Crippen LogP contribution in [0.4, 0.5) is 0 Å². The summed E-state index contributed by atoms with van der Waals surface area (Å²) >= 11 is 0. The van der Waals surface area contributed by atoms with Gasteiger partial charge in [0.2, 0.25) is 0 Å². The molecule has 0 amide bonds. The van der Waals surface area contributed by atoms with Gasteiger partial charge in [-0.1, -0.05) is 26.7 Å². The fraction of sp³-hybridized carbons (Fsp3) is 1.00. The molecule has 0 aromatic heterocycles. The Morgan fingerprint density at radius 1 is 1.24 bits per heavy atom. The summed E-state index contributed by atoms with van der Waals surface area (Å²) < 4.78 is 11.0. The molecule has 0 aliphatic rings. The first-order valence-corrected chi connectivity index (χ1v) is 6.07. The molecule has 0 aromatic carbocycles. The quantitative estimate of drug-likeness (QED) is 0.387. The van der Waals surface area contributed by atoms with Crippen LogP contribution in [-0.4, -0.2) is 36.2 Å². The van der Waals surface area contributed by atoms with Crippen LogP contribution in [0.3, 0.4) is 0 Å². The standard InChI is InChI=1S/C11H24O2.HNO3/c1-4-6-8-12-10-11(3)13-9-7-5-2;2-1(3)4/h11H,4-10H2,1-3H3;(H,2,3,4). The first-order valence-electron chi connectivity index (χ1n) is 6.07. The van der Waals surface area contributed by atoms with Crippen LogP contribution in [0.15, 0.2) is 0 Å². The molecular weight excluding hydrogens is 226 g/mol. The zero-order valence-corrected chi connectivity index (χ0v) is 11.1. The van der Waals surface area contributed by atoms with Crippen molar-refractivity contribution in [2.45, 2.75) is 52.6 Å². The minimum absolute atomic E-state index is 0.253. The van der Waals surface area contributed by atoms with E-state index < -0.39 is 5.09 Å². The largest absolute Gasteiger partial charge is 0.379 e. The molecule has 104 valence electrons. The van der Waals surface area contributed by atoms with Gasteiger partial charge in [-0.2, -0.15) is 0 Å². The van der Waals surface area contributed by atoms with Crippen LogP contribution >= 0.6 is 0 Å². The van der Waals surface area contributed by atoms with Gasteiger partial charge in [0.05, 0.1) is 12.7 Å². The minimum atomic E-state index is -1.50. The van der Waals surface area contributed by atoms with E-state index in [1.165, 1.54) is 12.8 Å². The fourth-order valence-corrected chi connectivity index (χ4v) is 0.973. The van der Waals surface area contributed by atoms with Gasteiger partial charge in [-0.05, 0) is 19.8 Å². The average Bonchev–Trinajstić information content (AvgIpc) is 2.24. The molecule has 0 heterocycles. The van der Waals surface area contributed by atoms with Gasteiger partial charge in [0.1, 0.15) is 0 Å². The van der Waals surface area contributed by atoms with E-state index in [1.807, 2.05) is 0 Å². The van der Waals surface area contributed by atoms with Gasteiger partial charge in [0.15, 0.2) is 0 Å². The van der Waals surface area contributed by atoms with Crippen LogP contribution < -0.4 is 0 Å². The Morgan fingerprint density at radius 3 is 2.18 bits per heavy atom. The van der Waals surface area contributed by atoms with Gasteiger partial charge < -0.3 is 14.7 Å². The second kappa shape index (κ2) is 15.1. The molecule has 6 heteroatoms. The monoisotopic (exact) mass is 251 g/mol. The second-order valence-electron chi connectivity index (χ2n) is 3.70. The van der Waals surface area contributed by atoms with Crippen molar-refractivity contribution in [3.8, 4) is 0 Å². The van der Waals surface area contributed by atoms with E-state index in [-0.39, 0.29) is 6.10 Å². The number of ether oxygens (including phenoxy) is 2. The van der Waals surface area contributed by atoms with Gasteiger partial charge in [-0.25, -0.2) is 0 Å². The van der Waals surface area contributed by atoms with Crippen molar-refractivity contribution >= 4 is 0 Å². The molecule has 0 radical (unpaired) electrons. The van der Waals surface area contributed by atoms with Crippen molar-refractivity contribution in [1.29, 1.82) is 0 Å². The molecule has 0 rings (SSSR count). The van der Waals surface area contributed by atoms with Crippen LogP contribution in [0.1, 0.15) is 46.5 Å². The molecule has 1 N–H and O–H groups in total. The molecule has 0 spiro atoms. The van der Waals surface area contributed by atoms with Crippen LogP contribution in [0.25, 0.3) is 0 Å².